The van der Waals surface area contributed by atoms with Gasteiger partial charge in [-0.25, -0.2) is 0 Å². The number of amides is 1. The smallest absolute Gasteiger partial charge is 0.303 e. The second-order valence-corrected chi connectivity index (χ2v) is 8.67. The average molecular weight is 431 g/mol. The van der Waals surface area contributed by atoms with E-state index >= 15 is 0 Å². The number of likely N-dealkylation sites (tertiary alicyclic amines) is 1. The van der Waals surface area contributed by atoms with Crippen LogP contribution in [0.15, 0.2) is 72.8 Å². The number of nitrogens with one attached hydrogen (secondary N) is 1. The summed E-state index contributed by atoms with van der Waals surface area (Å²) in [4.78, 5) is 25.4. The number of carbonyl (C=O) groups excluding carboxylic acids is 1. The Hall–Kier alpha value is -3.18. The zero-order chi connectivity index (χ0) is 22.5. The maximum atomic E-state index is 12.6. The fourth-order valence-electron chi connectivity index (χ4n) is 4.80. The molecule has 1 saturated heterocycles. The van der Waals surface area contributed by atoms with Crippen LogP contribution in [0.5, 0.6) is 0 Å². The van der Waals surface area contributed by atoms with Gasteiger partial charge in [0.1, 0.15) is 0 Å². The summed E-state index contributed by atoms with van der Waals surface area (Å²) in [6, 6.07) is 25.3. The minimum Gasteiger partial charge on any atom is -0.481 e. The lowest BCUT2D eigenvalue weighted by Gasteiger charge is -2.23. The Bertz CT molecular complexity index is 1080. The summed E-state index contributed by atoms with van der Waals surface area (Å²) in [6.07, 6.45) is -0.0598. The number of fused-ring (bicyclic) bond motifs is 1. The van der Waals surface area contributed by atoms with Gasteiger partial charge in [-0.15, -0.1) is 0 Å². The van der Waals surface area contributed by atoms with Crippen LogP contribution in [-0.2, 0) is 9.59 Å². The first kappa shape index (κ1) is 22.0. The Morgan fingerprint density at radius 3 is 2.47 bits per heavy atom. The molecule has 1 aliphatic heterocycles. The third-order valence-corrected chi connectivity index (χ3v) is 6.55. The maximum absolute atomic E-state index is 12.6. The highest BCUT2D eigenvalue weighted by Gasteiger charge is 2.36. The highest BCUT2D eigenvalue weighted by atomic mass is 16.4. The highest BCUT2D eigenvalue weighted by molar-refractivity contribution is 5.86. The van der Waals surface area contributed by atoms with E-state index in [1.54, 1.807) is 0 Å². The molecule has 3 atom stereocenters. The number of benzene rings is 3. The molecule has 0 radical (unpaired) electrons. The molecule has 3 aromatic rings. The topological polar surface area (TPSA) is 69.6 Å². The van der Waals surface area contributed by atoms with Gasteiger partial charge in [0.15, 0.2) is 0 Å². The zero-order valence-corrected chi connectivity index (χ0v) is 18.4. The highest BCUT2D eigenvalue weighted by Crippen LogP contribution is 2.33. The molecular weight excluding hydrogens is 400 g/mol. The Kier molecular flexibility index (Phi) is 6.86. The van der Waals surface area contributed by atoms with E-state index in [2.05, 4.69) is 66.8 Å². The number of carboxylic acid groups (broad SMARTS) is 1. The summed E-state index contributed by atoms with van der Waals surface area (Å²) < 4.78 is 0. The summed E-state index contributed by atoms with van der Waals surface area (Å²) in [5.41, 5.74) is 2.50. The first-order valence-corrected chi connectivity index (χ1v) is 11.3. The van der Waals surface area contributed by atoms with Gasteiger partial charge in [0, 0.05) is 38.0 Å². The van der Waals surface area contributed by atoms with Gasteiger partial charge in [0.05, 0.1) is 6.42 Å². The summed E-state index contributed by atoms with van der Waals surface area (Å²) in [5.74, 6) is -0.502. The molecule has 0 aromatic heterocycles. The Balaban J connectivity index is 1.48. The molecule has 0 unspecified atom stereocenters. The van der Waals surface area contributed by atoms with Crippen LogP contribution in [0.25, 0.3) is 10.8 Å². The molecule has 0 bridgehead atoms. The number of carboxylic acids is 1. The molecule has 166 valence electrons. The van der Waals surface area contributed by atoms with E-state index in [-0.39, 0.29) is 36.6 Å². The minimum absolute atomic E-state index is 0.0589. The van der Waals surface area contributed by atoms with Gasteiger partial charge < -0.3 is 15.3 Å². The fraction of sp³-hybridized carbons (Fsp3) is 0.333. The molecule has 5 heteroatoms. The van der Waals surface area contributed by atoms with E-state index in [0.717, 1.165) is 6.54 Å². The van der Waals surface area contributed by atoms with Crippen LogP contribution in [0.4, 0.5) is 0 Å². The quantitative estimate of drug-likeness (QED) is 0.548. The number of aliphatic carboxylic acids is 1. The Morgan fingerprint density at radius 1 is 0.969 bits per heavy atom. The van der Waals surface area contributed by atoms with Gasteiger partial charge in [-0.1, -0.05) is 72.8 Å². The van der Waals surface area contributed by atoms with Gasteiger partial charge in [-0.05, 0) is 34.7 Å². The minimum atomic E-state index is -0.931. The molecule has 3 aromatic carbocycles. The molecule has 1 heterocycles. The number of hydrogen-bond donors (Lipinski definition) is 2. The lowest BCUT2D eigenvalue weighted by Crippen LogP contribution is -2.32. The third kappa shape index (κ3) is 5.00. The molecule has 0 aliphatic carbocycles. The summed E-state index contributed by atoms with van der Waals surface area (Å²) in [5, 5.41) is 15.1. The predicted octanol–water partition coefficient (Wildman–Crippen LogP) is 4.60. The van der Waals surface area contributed by atoms with Crippen LogP contribution in [0.3, 0.4) is 0 Å². The summed E-state index contributed by atoms with van der Waals surface area (Å²) in [6.45, 7) is 4.25. The van der Waals surface area contributed by atoms with Crippen molar-refractivity contribution in [2.45, 2.75) is 31.7 Å². The van der Waals surface area contributed by atoms with Gasteiger partial charge in [-0.3, -0.25) is 9.59 Å². The van der Waals surface area contributed by atoms with Crippen LogP contribution < -0.4 is 5.32 Å². The monoisotopic (exact) mass is 430 g/mol. The maximum Gasteiger partial charge on any atom is 0.303 e. The fourth-order valence-corrected chi connectivity index (χ4v) is 4.80. The van der Waals surface area contributed by atoms with Crippen molar-refractivity contribution in [1.82, 2.24) is 10.2 Å². The van der Waals surface area contributed by atoms with Crippen molar-refractivity contribution in [2.75, 3.05) is 19.6 Å². The number of hydrogen-bond acceptors (Lipinski definition) is 3. The van der Waals surface area contributed by atoms with E-state index in [0.29, 0.717) is 13.1 Å². The van der Waals surface area contributed by atoms with E-state index in [4.69, 9.17) is 5.11 Å². The molecule has 2 N–H and O–H groups in total. The molecule has 1 amide bonds. The molecule has 1 fully saturated rings. The standard InChI is InChI=1S/C27H30N2O3/c1-19(23-13-7-11-20-10-5-6-12-24(20)23)28-16-22-17-29(26(30)14-15-27(31)32)18-25(22)21-8-3-2-4-9-21/h2-13,19,22,25,28H,14-18H2,1H3,(H,31,32)/t19-,22-,25-/m1/s1. The van der Waals surface area contributed by atoms with Gasteiger partial charge in [0.2, 0.25) is 5.91 Å². The van der Waals surface area contributed by atoms with E-state index < -0.39 is 5.97 Å². The number of carbonyl (C=O) groups is 2. The molecule has 5 nitrogen and oxygen atoms in total. The van der Waals surface area contributed by atoms with Crippen LogP contribution in [0, 0.1) is 5.92 Å². The zero-order valence-electron chi connectivity index (χ0n) is 18.4. The first-order valence-electron chi connectivity index (χ1n) is 11.3. The van der Waals surface area contributed by atoms with Crippen molar-refractivity contribution < 1.29 is 14.7 Å². The number of rotatable bonds is 8. The van der Waals surface area contributed by atoms with Gasteiger partial charge in [-0.2, -0.15) is 0 Å². The molecule has 1 aliphatic rings. The SMILES string of the molecule is C[C@@H](NC[C@@H]1CN(C(=O)CCC(=O)O)C[C@@H]1c1ccccc1)c1cccc2ccccc12. The van der Waals surface area contributed by atoms with Crippen molar-refractivity contribution in [3.05, 3.63) is 83.9 Å². The van der Waals surface area contributed by atoms with Gasteiger partial charge in [0.25, 0.3) is 0 Å². The van der Waals surface area contributed by atoms with E-state index in [1.807, 2.05) is 23.1 Å². The Labute approximate surface area is 189 Å². The van der Waals surface area contributed by atoms with Crippen LogP contribution in [0.1, 0.15) is 42.9 Å². The normalized spacial score (nSPS) is 19.2. The second kappa shape index (κ2) is 9.96. The molecule has 32 heavy (non-hydrogen) atoms. The van der Waals surface area contributed by atoms with Crippen molar-refractivity contribution in [1.29, 1.82) is 0 Å². The van der Waals surface area contributed by atoms with Crippen molar-refractivity contribution in [3.8, 4) is 0 Å². The molecular formula is C27H30N2O3. The third-order valence-electron chi connectivity index (χ3n) is 6.55. The molecule has 4 rings (SSSR count). The van der Waals surface area contributed by atoms with Crippen molar-refractivity contribution in [2.24, 2.45) is 5.92 Å². The largest absolute Gasteiger partial charge is 0.481 e. The lowest BCUT2D eigenvalue weighted by molar-refractivity contribution is -0.140. The first-order chi connectivity index (χ1) is 15.5. The number of nitrogens with zero attached hydrogens (tertiary/aromatic N) is 1. The van der Waals surface area contributed by atoms with Crippen LogP contribution in [-0.4, -0.2) is 41.5 Å². The second-order valence-electron chi connectivity index (χ2n) is 8.67. The summed E-state index contributed by atoms with van der Waals surface area (Å²) in [7, 11) is 0. The molecule has 0 spiro atoms. The van der Waals surface area contributed by atoms with E-state index in [1.165, 1.54) is 21.9 Å². The average Bonchev–Trinajstić information content (AvgIpc) is 3.25. The van der Waals surface area contributed by atoms with Crippen LogP contribution >= 0.6 is 0 Å². The predicted molar refractivity (Wildman–Crippen MR) is 126 cm³/mol. The molecule has 0 saturated carbocycles. The van der Waals surface area contributed by atoms with Crippen molar-refractivity contribution >= 4 is 22.6 Å². The van der Waals surface area contributed by atoms with E-state index in [9.17, 15) is 9.59 Å². The summed E-state index contributed by atoms with van der Waals surface area (Å²) >= 11 is 0. The Morgan fingerprint density at radius 2 is 1.69 bits per heavy atom. The van der Waals surface area contributed by atoms with Crippen LogP contribution in [0.2, 0.25) is 0 Å². The lowest BCUT2D eigenvalue weighted by atomic mass is 9.88. The van der Waals surface area contributed by atoms with Gasteiger partial charge >= 0.3 is 5.97 Å². The van der Waals surface area contributed by atoms with Crippen molar-refractivity contribution in [3.63, 3.8) is 0 Å².